The van der Waals surface area contributed by atoms with E-state index < -0.39 is 9.84 Å². The maximum absolute atomic E-state index is 13.3. The van der Waals surface area contributed by atoms with Crippen LogP contribution in [0.25, 0.3) is 28.0 Å². The number of piperazine rings is 1. The van der Waals surface area contributed by atoms with Crippen LogP contribution in [-0.2, 0) is 9.84 Å². The standard InChI is InChI=1S/C25H23N5O3S/c1-34(32,33)23-15-30(25-27-11-18(12-28-25)16-5-3-2-4-6-16)22-9-17(7-8-21(22)23)24(31)29-14-19-10-20(29)13-26-19/h2-9,11-12,15,19-20,26H,10,13-14H2,1H3/t19-,20-/m1/s1. The number of nitrogens with zero attached hydrogens (tertiary/aromatic N) is 4. The molecule has 2 bridgehead atoms. The second kappa shape index (κ2) is 7.75. The van der Waals surface area contributed by atoms with Crippen molar-refractivity contribution in [3.63, 3.8) is 0 Å². The number of hydrogen-bond acceptors (Lipinski definition) is 6. The number of carbonyl (C=O) groups is 1. The lowest BCUT2D eigenvalue weighted by Gasteiger charge is -2.27. The number of carbonyl (C=O) groups excluding carboxylic acids is 1. The van der Waals surface area contributed by atoms with Gasteiger partial charge in [0.2, 0.25) is 5.95 Å². The lowest BCUT2D eigenvalue weighted by Crippen LogP contribution is -2.46. The van der Waals surface area contributed by atoms with Gasteiger partial charge in [0.05, 0.1) is 10.4 Å². The zero-order valence-corrected chi connectivity index (χ0v) is 19.4. The Labute approximate surface area is 197 Å². The molecule has 6 rings (SSSR count). The van der Waals surface area contributed by atoms with Gasteiger partial charge in [-0.25, -0.2) is 18.4 Å². The molecule has 0 aliphatic carbocycles. The predicted octanol–water partition coefficient (Wildman–Crippen LogP) is 2.68. The summed E-state index contributed by atoms with van der Waals surface area (Å²) < 4.78 is 26.7. The molecule has 0 unspecified atom stereocenters. The molecule has 0 saturated carbocycles. The van der Waals surface area contributed by atoms with Crippen LogP contribution in [0.1, 0.15) is 16.8 Å². The molecule has 4 heterocycles. The van der Waals surface area contributed by atoms with Crippen molar-refractivity contribution in [3.05, 3.63) is 72.7 Å². The average molecular weight is 474 g/mol. The van der Waals surface area contributed by atoms with Crippen LogP contribution in [0.3, 0.4) is 0 Å². The molecule has 2 aliphatic heterocycles. The van der Waals surface area contributed by atoms with Crippen LogP contribution in [0, 0.1) is 0 Å². The van der Waals surface area contributed by atoms with E-state index >= 15 is 0 Å². The number of amides is 1. The third-order valence-electron chi connectivity index (χ3n) is 6.69. The Hall–Kier alpha value is -3.56. The molecule has 1 N–H and O–H groups in total. The zero-order chi connectivity index (χ0) is 23.4. The summed E-state index contributed by atoms with van der Waals surface area (Å²) in [6.07, 6.45) is 7.12. The highest BCUT2D eigenvalue weighted by Gasteiger charge is 2.40. The molecular weight excluding hydrogens is 450 g/mol. The highest BCUT2D eigenvalue weighted by Crippen LogP contribution is 2.31. The quantitative estimate of drug-likeness (QED) is 0.490. The fraction of sp³-hybridized carbons (Fsp3) is 0.240. The first kappa shape index (κ1) is 21.0. The van der Waals surface area contributed by atoms with E-state index in [4.69, 9.17) is 0 Å². The van der Waals surface area contributed by atoms with Gasteiger partial charge in [-0.1, -0.05) is 36.4 Å². The topological polar surface area (TPSA) is 97.2 Å². The minimum Gasteiger partial charge on any atom is -0.333 e. The third-order valence-corrected chi connectivity index (χ3v) is 7.82. The number of rotatable bonds is 4. The Morgan fingerprint density at radius 3 is 2.47 bits per heavy atom. The molecule has 2 aromatic carbocycles. The van der Waals surface area contributed by atoms with Gasteiger partial charge in [-0.2, -0.15) is 0 Å². The first-order valence-corrected chi connectivity index (χ1v) is 13.0. The lowest BCUT2D eigenvalue weighted by molar-refractivity contribution is 0.0716. The minimum absolute atomic E-state index is 0.0371. The SMILES string of the molecule is CS(=O)(=O)c1cn(-c2ncc(-c3ccccc3)cn2)c2cc(C(=O)N3C[C@H]4C[C@@H]3CN4)ccc12. The smallest absolute Gasteiger partial charge is 0.254 e. The molecule has 2 saturated heterocycles. The summed E-state index contributed by atoms with van der Waals surface area (Å²) in [6, 6.07) is 15.5. The van der Waals surface area contributed by atoms with Crippen molar-refractivity contribution < 1.29 is 13.2 Å². The molecule has 1 amide bonds. The number of hydrogen-bond donors (Lipinski definition) is 1. The normalized spacial score (nSPS) is 19.7. The first-order chi connectivity index (χ1) is 16.4. The van der Waals surface area contributed by atoms with Gasteiger partial charge in [0.25, 0.3) is 5.91 Å². The number of nitrogens with one attached hydrogen (secondary N) is 1. The van der Waals surface area contributed by atoms with Gasteiger partial charge >= 0.3 is 0 Å². The molecular formula is C25H23N5O3S. The van der Waals surface area contributed by atoms with Crippen molar-refractivity contribution in [3.8, 4) is 17.1 Å². The van der Waals surface area contributed by atoms with Gasteiger partial charge in [0.15, 0.2) is 9.84 Å². The molecule has 2 aliphatic rings. The Balaban J connectivity index is 1.44. The fourth-order valence-corrected chi connectivity index (χ4v) is 5.86. The van der Waals surface area contributed by atoms with Gasteiger partial charge in [0, 0.05) is 66.5 Å². The number of sulfone groups is 1. The maximum Gasteiger partial charge on any atom is 0.254 e. The van der Waals surface area contributed by atoms with Crippen molar-refractivity contribution in [1.29, 1.82) is 0 Å². The van der Waals surface area contributed by atoms with E-state index in [9.17, 15) is 13.2 Å². The summed E-state index contributed by atoms with van der Waals surface area (Å²) in [7, 11) is -3.50. The predicted molar refractivity (Wildman–Crippen MR) is 129 cm³/mol. The van der Waals surface area contributed by atoms with Gasteiger partial charge in [-0.3, -0.25) is 9.36 Å². The molecule has 2 atom stereocenters. The number of benzene rings is 2. The zero-order valence-electron chi connectivity index (χ0n) is 18.5. The van der Waals surface area contributed by atoms with Crippen LogP contribution in [0.15, 0.2) is 72.0 Å². The van der Waals surface area contributed by atoms with Crippen molar-refractivity contribution in [1.82, 2.24) is 24.8 Å². The Kier molecular flexibility index (Phi) is 4.79. The Bertz CT molecular complexity index is 1510. The van der Waals surface area contributed by atoms with Crippen molar-refractivity contribution in [2.45, 2.75) is 23.4 Å². The van der Waals surface area contributed by atoms with Crippen molar-refractivity contribution >= 4 is 26.6 Å². The van der Waals surface area contributed by atoms with Gasteiger partial charge in [-0.05, 0) is 24.1 Å². The second-order valence-electron chi connectivity index (χ2n) is 8.96. The molecule has 9 heteroatoms. The van der Waals surface area contributed by atoms with E-state index in [-0.39, 0.29) is 16.8 Å². The first-order valence-electron chi connectivity index (χ1n) is 11.2. The summed E-state index contributed by atoms with van der Waals surface area (Å²) in [5, 5.41) is 3.95. The lowest BCUT2D eigenvalue weighted by atomic mass is 10.1. The molecule has 8 nitrogen and oxygen atoms in total. The van der Waals surface area contributed by atoms with Gasteiger partial charge in [-0.15, -0.1) is 0 Å². The van der Waals surface area contributed by atoms with E-state index in [1.54, 1.807) is 35.2 Å². The molecule has 34 heavy (non-hydrogen) atoms. The summed E-state index contributed by atoms with van der Waals surface area (Å²) in [5.41, 5.74) is 2.96. The minimum atomic E-state index is -3.50. The Morgan fingerprint density at radius 2 is 1.82 bits per heavy atom. The van der Waals surface area contributed by atoms with E-state index in [1.807, 2.05) is 35.2 Å². The van der Waals surface area contributed by atoms with Crippen LogP contribution < -0.4 is 5.32 Å². The summed E-state index contributed by atoms with van der Waals surface area (Å²) in [5.74, 6) is 0.304. The van der Waals surface area contributed by atoms with E-state index in [0.717, 1.165) is 24.1 Å². The van der Waals surface area contributed by atoms with Crippen molar-refractivity contribution in [2.75, 3.05) is 19.3 Å². The van der Waals surface area contributed by atoms with Gasteiger partial charge < -0.3 is 10.2 Å². The average Bonchev–Trinajstić information content (AvgIpc) is 3.58. The summed E-state index contributed by atoms with van der Waals surface area (Å²) in [4.78, 5) is 24.4. The maximum atomic E-state index is 13.3. The molecule has 0 radical (unpaired) electrons. The van der Waals surface area contributed by atoms with Crippen molar-refractivity contribution in [2.24, 2.45) is 0 Å². The highest BCUT2D eigenvalue weighted by molar-refractivity contribution is 7.91. The Morgan fingerprint density at radius 1 is 1.06 bits per heavy atom. The molecule has 2 aromatic heterocycles. The molecule has 4 aromatic rings. The third kappa shape index (κ3) is 3.48. The van der Waals surface area contributed by atoms with Crippen LogP contribution in [0.5, 0.6) is 0 Å². The van der Waals surface area contributed by atoms with E-state index in [0.29, 0.717) is 35.0 Å². The van der Waals surface area contributed by atoms with Crippen LogP contribution in [-0.4, -0.2) is 65.2 Å². The van der Waals surface area contributed by atoms with Crippen LogP contribution >= 0.6 is 0 Å². The number of aromatic nitrogens is 3. The highest BCUT2D eigenvalue weighted by atomic mass is 32.2. The fourth-order valence-electron chi connectivity index (χ4n) is 4.99. The summed E-state index contributed by atoms with van der Waals surface area (Å²) >= 11 is 0. The monoisotopic (exact) mass is 473 g/mol. The number of likely N-dealkylation sites (tertiary alicyclic amines) is 1. The molecule has 2 fully saturated rings. The van der Waals surface area contributed by atoms with Crippen LogP contribution in [0.4, 0.5) is 0 Å². The van der Waals surface area contributed by atoms with Crippen LogP contribution in [0.2, 0.25) is 0 Å². The molecule has 0 spiro atoms. The largest absolute Gasteiger partial charge is 0.333 e. The van der Waals surface area contributed by atoms with Gasteiger partial charge in [0.1, 0.15) is 0 Å². The second-order valence-corrected chi connectivity index (χ2v) is 10.9. The van der Waals surface area contributed by atoms with E-state index in [2.05, 4.69) is 15.3 Å². The van der Waals surface area contributed by atoms with E-state index in [1.165, 1.54) is 12.5 Å². The summed E-state index contributed by atoms with van der Waals surface area (Å²) in [6.45, 7) is 1.51. The molecule has 172 valence electrons. The number of fused-ring (bicyclic) bond motifs is 3.